The lowest BCUT2D eigenvalue weighted by Crippen LogP contribution is -2.14. The van der Waals surface area contributed by atoms with E-state index in [2.05, 4.69) is 30.5 Å². The molecular weight excluding hydrogens is 517 g/mol. The Morgan fingerprint density at radius 1 is 0.829 bits per heavy atom. The second-order valence-electron chi connectivity index (χ2n) is 9.65. The number of carbonyl (C=O) groups excluding carboxylic acids is 1. The number of halogens is 1. The Morgan fingerprint density at radius 3 is 2.51 bits per heavy atom. The fourth-order valence-electron chi connectivity index (χ4n) is 4.89. The van der Waals surface area contributed by atoms with Gasteiger partial charge < -0.3 is 10.3 Å². The van der Waals surface area contributed by atoms with Crippen LogP contribution in [0.5, 0.6) is 0 Å². The first kappa shape index (κ1) is 24.3. The number of carbonyl (C=O) groups is 1. The van der Waals surface area contributed by atoms with Gasteiger partial charge in [-0.3, -0.25) is 19.9 Å². The molecule has 198 valence electrons. The van der Waals surface area contributed by atoms with Crippen LogP contribution in [0.25, 0.3) is 55.8 Å². The maximum Gasteiger partial charge on any atom is 0.228 e. The molecule has 0 bridgehead atoms. The third kappa shape index (κ3) is 4.80. The minimum atomic E-state index is -0.308. The number of H-pyrrole nitrogens is 2. The average Bonchev–Trinajstić information content (AvgIpc) is 3.62. The Labute approximate surface area is 233 Å². The number of rotatable bonds is 6. The number of aromatic nitrogens is 6. The van der Waals surface area contributed by atoms with Crippen LogP contribution >= 0.6 is 0 Å². The molecule has 8 nitrogen and oxygen atoms in total. The van der Waals surface area contributed by atoms with Crippen LogP contribution in [0.3, 0.4) is 0 Å². The lowest BCUT2D eigenvalue weighted by molar-refractivity contribution is -0.115. The molecule has 0 aliphatic rings. The van der Waals surface area contributed by atoms with E-state index in [9.17, 15) is 9.18 Å². The summed E-state index contributed by atoms with van der Waals surface area (Å²) in [6, 6.07) is 25.5. The van der Waals surface area contributed by atoms with Gasteiger partial charge in [0.2, 0.25) is 5.91 Å². The molecule has 0 aliphatic carbocycles. The first-order chi connectivity index (χ1) is 20.1. The number of anilines is 1. The number of amides is 1. The van der Waals surface area contributed by atoms with Crippen LogP contribution in [0.1, 0.15) is 5.56 Å². The molecule has 0 atom stereocenters. The van der Waals surface area contributed by atoms with E-state index in [1.165, 1.54) is 12.1 Å². The van der Waals surface area contributed by atoms with E-state index >= 15 is 0 Å². The highest BCUT2D eigenvalue weighted by Gasteiger charge is 2.17. The second-order valence-corrected chi connectivity index (χ2v) is 9.65. The van der Waals surface area contributed by atoms with Gasteiger partial charge in [0.25, 0.3) is 0 Å². The number of hydrogen-bond acceptors (Lipinski definition) is 5. The van der Waals surface area contributed by atoms with Crippen molar-refractivity contribution < 1.29 is 9.18 Å². The Hall–Kier alpha value is -5.70. The summed E-state index contributed by atoms with van der Waals surface area (Å²) < 4.78 is 13.5. The van der Waals surface area contributed by atoms with Gasteiger partial charge in [0, 0.05) is 28.9 Å². The first-order valence-electron chi connectivity index (χ1n) is 13.0. The highest BCUT2D eigenvalue weighted by atomic mass is 19.1. The number of fused-ring (bicyclic) bond motifs is 2. The number of hydrogen-bond donors (Lipinski definition) is 3. The lowest BCUT2D eigenvalue weighted by atomic mass is 10.0. The fraction of sp³-hybridized carbons (Fsp3) is 0.0312. The summed E-state index contributed by atoms with van der Waals surface area (Å²) in [5.74, 6) is 0.166. The summed E-state index contributed by atoms with van der Waals surface area (Å²) in [5, 5.41) is 11.4. The average molecular weight is 540 g/mol. The molecule has 3 N–H and O–H groups in total. The molecule has 7 aromatic rings. The zero-order valence-corrected chi connectivity index (χ0v) is 21.6. The van der Waals surface area contributed by atoms with Gasteiger partial charge in [-0.05, 0) is 59.7 Å². The fourth-order valence-corrected chi connectivity index (χ4v) is 4.89. The third-order valence-electron chi connectivity index (χ3n) is 6.87. The summed E-state index contributed by atoms with van der Waals surface area (Å²) in [7, 11) is 0. The number of imidazole rings is 1. The van der Waals surface area contributed by atoms with Gasteiger partial charge in [-0.2, -0.15) is 5.10 Å². The maximum absolute atomic E-state index is 13.5. The van der Waals surface area contributed by atoms with E-state index in [1.54, 1.807) is 30.7 Å². The molecule has 3 aromatic carbocycles. The van der Waals surface area contributed by atoms with E-state index in [-0.39, 0.29) is 18.1 Å². The molecule has 0 saturated heterocycles. The monoisotopic (exact) mass is 539 g/mol. The smallest absolute Gasteiger partial charge is 0.228 e. The zero-order valence-electron chi connectivity index (χ0n) is 21.6. The summed E-state index contributed by atoms with van der Waals surface area (Å²) in [6.07, 6.45) is 5.37. The van der Waals surface area contributed by atoms with Crippen molar-refractivity contribution in [1.82, 2.24) is 30.1 Å². The SMILES string of the molecule is O=C(Cc1ccccc1)Nc1cncc(-c2ccc3[nH]nc(-c4nc5c(-c6ccc(F)cc6)nccc5[nH]4)c3c2)c1. The Morgan fingerprint density at radius 2 is 1.66 bits per heavy atom. The zero-order chi connectivity index (χ0) is 27.8. The van der Waals surface area contributed by atoms with Crippen molar-refractivity contribution in [2.24, 2.45) is 0 Å². The van der Waals surface area contributed by atoms with Gasteiger partial charge in [-0.1, -0.05) is 36.4 Å². The maximum atomic E-state index is 13.5. The summed E-state index contributed by atoms with van der Waals surface area (Å²) in [5.41, 5.74) is 7.72. The Kier molecular flexibility index (Phi) is 6.01. The molecule has 9 heteroatoms. The number of nitrogens with zero attached hydrogens (tertiary/aromatic N) is 4. The molecule has 0 radical (unpaired) electrons. The van der Waals surface area contributed by atoms with Crippen molar-refractivity contribution >= 4 is 33.5 Å². The highest BCUT2D eigenvalue weighted by Crippen LogP contribution is 2.32. The number of benzene rings is 3. The summed E-state index contributed by atoms with van der Waals surface area (Å²) in [6.45, 7) is 0. The van der Waals surface area contributed by atoms with E-state index in [0.717, 1.165) is 38.7 Å². The molecule has 0 fully saturated rings. The van der Waals surface area contributed by atoms with Crippen molar-refractivity contribution in [3.63, 3.8) is 0 Å². The molecule has 0 saturated carbocycles. The standard InChI is InChI=1S/C32H22FN7O/c33-23-9-6-20(7-10-23)29-31-27(12-13-35-29)37-32(38-31)30-25-16-21(8-11-26(25)39-40-30)22-15-24(18-34-17-22)36-28(41)14-19-4-2-1-3-5-19/h1-13,15-18H,14H2,(H,36,41)(H,37,38)(H,39,40). The minimum absolute atomic E-state index is 0.109. The van der Waals surface area contributed by atoms with Gasteiger partial charge in [0.1, 0.15) is 17.0 Å². The molecule has 0 spiro atoms. The molecule has 41 heavy (non-hydrogen) atoms. The Bertz CT molecular complexity index is 2030. The van der Waals surface area contributed by atoms with Crippen LogP contribution < -0.4 is 5.32 Å². The topological polar surface area (TPSA) is 112 Å². The predicted molar refractivity (Wildman–Crippen MR) is 156 cm³/mol. The van der Waals surface area contributed by atoms with Crippen molar-refractivity contribution in [1.29, 1.82) is 0 Å². The predicted octanol–water partition coefficient (Wildman–Crippen LogP) is 6.55. The van der Waals surface area contributed by atoms with Gasteiger partial charge in [0.05, 0.1) is 35.0 Å². The van der Waals surface area contributed by atoms with E-state index < -0.39 is 0 Å². The lowest BCUT2D eigenvalue weighted by Gasteiger charge is -2.08. The molecular formula is C32H22FN7O. The van der Waals surface area contributed by atoms with E-state index in [0.29, 0.717) is 28.4 Å². The number of pyridine rings is 2. The molecule has 0 unspecified atom stereocenters. The van der Waals surface area contributed by atoms with Crippen molar-refractivity contribution in [2.75, 3.05) is 5.32 Å². The van der Waals surface area contributed by atoms with Crippen LogP contribution in [-0.2, 0) is 11.2 Å². The van der Waals surface area contributed by atoms with Gasteiger partial charge in [-0.15, -0.1) is 0 Å². The summed E-state index contributed by atoms with van der Waals surface area (Å²) in [4.78, 5) is 29.6. The molecule has 0 aliphatic heterocycles. The quantitative estimate of drug-likeness (QED) is 0.222. The molecule has 4 aromatic heterocycles. The van der Waals surface area contributed by atoms with Crippen LogP contribution in [0.4, 0.5) is 10.1 Å². The minimum Gasteiger partial charge on any atom is -0.336 e. The van der Waals surface area contributed by atoms with Crippen LogP contribution in [0, 0.1) is 5.82 Å². The number of aromatic amines is 2. The van der Waals surface area contributed by atoms with Crippen molar-refractivity contribution in [2.45, 2.75) is 6.42 Å². The third-order valence-corrected chi connectivity index (χ3v) is 6.87. The first-order valence-corrected chi connectivity index (χ1v) is 13.0. The van der Waals surface area contributed by atoms with Gasteiger partial charge in [0.15, 0.2) is 5.82 Å². The summed E-state index contributed by atoms with van der Waals surface area (Å²) >= 11 is 0. The molecule has 7 rings (SSSR count). The molecule has 1 amide bonds. The highest BCUT2D eigenvalue weighted by molar-refractivity contribution is 5.98. The largest absolute Gasteiger partial charge is 0.336 e. The molecule has 4 heterocycles. The van der Waals surface area contributed by atoms with E-state index in [1.807, 2.05) is 60.7 Å². The second kappa shape index (κ2) is 10.1. The Balaban J connectivity index is 1.21. The van der Waals surface area contributed by atoms with Gasteiger partial charge >= 0.3 is 0 Å². The van der Waals surface area contributed by atoms with E-state index in [4.69, 9.17) is 4.98 Å². The van der Waals surface area contributed by atoms with Crippen LogP contribution in [0.2, 0.25) is 0 Å². The van der Waals surface area contributed by atoms with Crippen molar-refractivity contribution in [3.05, 3.63) is 115 Å². The van der Waals surface area contributed by atoms with Crippen molar-refractivity contribution in [3.8, 4) is 33.9 Å². The normalized spacial score (nSPS) is 11.2. The van der Waals surface area contributed by atoms with Gasteiger partial charge in [-0.25, -0.2) is 9.37 Å². The van der Waals surface area contributed by atoms with Crippen LogP contribution in [-0.4, -0.2) is 36.0 Å². The van der Waals surface area contributed by atoms with Crippen LogP contribution in [0.15, 0.2) is 104 Å². The number of nitrogens with one attached hydrogen (secondary N) is 3.